The predicted molar refractivity (Wildman–Crippen MR) is 42.8 cm³/mol. The largest absolute Gasteiger partial charge is 0.329 e. The second kappa shape index (κ2) is 4.76. The van der Waals surface area contributed by atoms with Crippen molar-refractivity contribution >= 4 is 0 Å². The third-order valence-corrected chi connectivity index (χ3v) is 1.30. The number of nitrogens with two attached hydrogens (primary N) is 1. The van der Waals surface area contributed by atoms with E-state index in [2.05, 4.69) is 15.5 Å². The summed E-state index contributed by atoms with van der Waals surface area (Å²) in [7, 11) is 0. The Kier molecular flexibility index (Phi) is 3.51. The highest BCUT2D eigenvalue weighted by atomic mass is 15.1. The fraction of sp³-hybridized carbons (Fsp3) is 0.429. The number of nitrogens with one attached hydrogen (secondary N) is 1. The lowest BCUT2D eigenvalue weighted by molar-refractivity contribution is 0.691. The van der Waals surface area contributed by atoms with Crippen molar-refractivity contribution in [2.24, 2.45) is 5.73 Å². The molecule has 1 aromatic heterocycles. The zero-order chi connectivity index (χ0) is 7.94. The molecule has 0 saturated carbocycles. The molecule has 0 unspecified atom stereocenters. The van der Waals surface area contributed by atoms with E-state index in [0.29, 0.717) is 6.54 Å². The molecular weight excluding hydrogens is 140 g/mol. The van der Waals surface area contributed by atoms with Crippen molar-refractivity contribution in [1.82, 2.24) is 15.5 Å². The van der Waals surface area contributed by atoms with Gasteiger partial charge >= 0.3 is 0 Å². The van der Waals surface area contributed by atoms with Crippen LogP contribution in [0.15, 0.2) is 18.5 Å². The Labute approximate surface area is 65.8 Å². The molecule has 0 atom stereocenters. The van der Waals surface area contributed by atoms with Crippen LogP contribution in [0.1, 0.15) is 5.56 Å². The lowest BCUT2D eigenvalue weighted by Gasteiger charge is -2.00. The van der Waals surface area contributed by atoms with Gasteiger partial charge in [-0.2, -0.15) is 10.2 Å². The average Bonchev–Trinajstić information content (AvgIpc) is 2.07. The number of nitrogens with zero attached hydrogens (tertiary/aromatic N) is 2. The molecule has 0 fully saturated rings. The first kappa shape index (κ1) is 8.10. The highest BCUT2D eigenvalue weighted by Crippen LogP contribution is 1.90. The number of rotatable bonds is 4. The summed E-state index contributed by atoms with van der Waals surface area (Å²) in [5.74, 6) is 0. The molecule has 60 valence electrons. The molecule has 1 aromatic rings. The minimum atomic E-state index is 0.665. The first-order valence-corrected chi connectivity index (χ1v) is 3.60. The molecule has 4 heteroatoms. The van der Waals surface area contributed by atoms with Crippen LogP contribution in [-0.2, 0) is 6.54 Å². The van der Waals surface area contributed by atoms with Crippen molar-refractivity contribution in [2.75, 3.05) is 13.1 Å². The SMILES string of the molecule is NCCNCc1ccnnc1. The van der Waals surface area contributed by atoms with Gasteiger partial charge in [-0.05, 0) is 11.6 Å². The predicted octanol–water partition coefficient (Wildman–Crippen LogP) is -0.475. The quantitative estimate of drug-likeness (QED) is 0.572. The van der Waals surface area contributed by atoms with Crippen LogP contribution < -0.4 is 11.1 Å². The second-order valence-corrected chi connectivity index (χ2v) is 2.22. The van der Waals surface area contributed by atoms with E-state index in [1.807, 2.05) is 6.07 Å². The molecule has 0 aliphatic carbocycles. The third-order valence-electron chi connectivity index (χ3n) is 1.30. The van der Waals surface area contributed by atoms with Gasteiger partial charge in [0.1, 0.15) is 0 Å². The van der Waals surface area contributed by atoms with Crippen LogP contribution in [0.25, 0.3) is 0 Å². The molecule has 0 saturated heterocycles. The summed E-state index contributed by atoms with van der Waals surface area (Å²) in [5.41, 5.74) is 6.44. The molecule has 4 nitrogen and oxygen atoms in total. The molecule has 0 amide bonds. The van der Waals surface area contributed by atoms with Crippen LogP contribution in [-0.4, -0.2) is 23.3 Å². The van der Waals surface area contributed by atoms with Crippen molar-refractivity contribution in [2.45, 2.75) is 6.54 Å². The summed E-state index contributed by atoms with van der Waals surface area (Å²) in [5, 5.41) is 10.6. The summed E-state index contributed by atoms with van der Waals surface area (Å²) < 4.78 is 0. The molecule has 0 bridgehead atoms. The van der Waals surface area contributed by atoms with Crippen molar-refractivity contribution in [3.05, 3.63) is 24.0 Å². The lowest BCUT2D eigenvalue weighted by atomic mass is 10.3. The van der Waals surface area contributed by atoms with E-state index in [1.165, 1.54) is 0 Å². The van der Waals surface area contributed by atoms with E-state index < -0.39 is 0 Å². The van der Waals surface area contributed by atoms with Crippen LogP contribution in [0.3, 0.4) is 0 Å². The van der Waals surface area contributed by atoms with Gasteiger partial charge in [0.15, 0.2) is 0 Å². The van der Waals surface area contributed by atoms with Crippen molar-refractivity contribution in [1.29, 1.82) is 0 Å². The molecule has 0 spiro atoms. The summed E-state index contributed by atoms with van der Waals surface area (Å²) in [6.07, 6.45) is 3.42. The van der Waals surface area contributed by atoms with E-state index in [1.54, 1.807) is 12.4 Å². The molecule has 1 rings (SSSR count). The molecule has 0 aliphatic rings. The van der Waals surface area contributed by atoms with Gasteiger partial charge in [-0.3, -0.25) is 0 Å². The van der Waals surface area contributed by atoms with Crippen LogP contribution in [0, 0.1) is 0 Å². The fourth-order valence-electron chi connectivity index (χ4n) is 0.757. The summed E-state index contributed by atoms with van der Waals surface area (Å²) in [4.78, 5) is 0. The number of hydrogen-bond donors (Lipinski definition) is 2. The van der Waals surface area contributed by atoms with E-state index in [0.717, 1.165) is 18.7 Å². The van der Waals surface area contributed by atoms with Gasteiger partial charge in [0.2, 0.25) is 0 Å². The normalized spacial score (nSPS) is 9.91. The van der Waals surface area contributed by atoms with Crippen molar-refractivity contribution < 1.29 is 0 Å². The van der Waals surface area contributed by atoms with Gasteiger partial charge in [-0.15, -0.1) is 0 Å². The molecule has 11 heavy (non-hydrogen) atoms. The van der Waals surface area contributed by atoms with Crippen molar-refractivity contribution in [3.63, 3.8) is 0 Å². The molecule has 0 aliphatic heterocycles. The Morgan fingerprint density at radius 2 is 2.36 bits per heavy atom. The smallest absolute Gasteiger partial charge is 0.0541 e. The molecule has 0 radical (unpaired) electrons. The van der Waals surface area contributed by atoms with Gasteiger partial charge in [-0.25, -0.2) is 0 Å². The number of aromatic nitrogens is 2. The minimum absolute atomic E-state index is 0.665. The Morgan fingerprint density at radius 3 is 3.00 bits per heavy atom. The van der Waals surface area contributed by atoms with Crippen molar-refractivity contribution in [3.8, 4) is 0 Å². The number of hydrogen-bond acceptors (Lipinski definition) is 4. The second-order valence-electron chi connectivity index (χ2n) is 2.22. The van der Waals surface area contributed by atoms with Gasteiger partial charge in [-0.1, -0.05) is 0 Å². The first-order valence-electron chi connectivity index (χ1n) is 3.60. The average molecular weight is 152 g/mol. The zero-order valence-electron chi connectivity index (χ0n) is 6.33. The monoisotopic (exact) mass is 152 g/mol. The minimum Gasteiger partial charge on any atom is -0.329 e. The Bertz CT molecular complexity index is 187. The zero-order valence-corrected chi connectivity index (χ0v) is 6.33. The summed E-state index contributed by atoms with van der Waals surface area (Å²) in [6, 6.07) is 1.93. The standard InChI is InChI=1S/C7H12N4/c8-2-4-9-5-7-1-3-10-11-6-7/h1,3,6,9H,2,4-5,8H2. The van der Waals surface area contributed by atoms with Crippen LogP contribution >= 0.6 is 0 Å². The van der Waals surface area contributed by atoms with Crippen LogP contribution in [0.4, 0.5) is 0 Å². The summed E-state index contributed by atoms with van der Waals surface area (Å²) in [6.45, 7) is 2.31. The molecule has 1 heterocycles. The molecular formula is C7H12N4. The van der Waals surface area contributed by atoms with E-state index in [9.17, 15) is 0 Å². The highest BCUT2D eigenvalue weighted by Gasteiger charge is 1.89. The van der Waals surface area contributed by atoms with Gasteiger partial charge in [0.05, 0.1) is 6.20 Å². The van der Waals surface area contributed by atoms with Gasteiger partial charge in [0, 0.05) is 25.8 Å². The van der Waals surface area contributed by atoms with E-state index in [-0.39, 0.29) is 0 Å². The van der Waals surface area contributed by atoms with Gasteiger partial charge in [0.25, 0.3) is 0 Å². The highest BCUT2D eigenvalue weighted by molar-refractivity contribution is 5.04. The maximum absolute atomic E-state index is 5.30. The van der Waals surface area contributed by atoms with E-state index >= 15 is 0 Å². The Hall–Kier alpha value is -1.00. The van der Waals surface area contributed by atoms with Gasteiger partial charge < -0.3 is 11.1 Å². The molecule has 0 aromatic carbocycles. The maximum atomic E-state index is 5.30. The maximum Gasteiger partial charge on any atom is 0.0541 e. The van der Waals surface area contributed by atoms with Crippen LogP contribution in [0.2, 0.25) is 0 Å². The van der Waals surface area contributed by atoms with E-state index in [4.69, 9.17) is 5.73 Å². The Morgan fingerprint density at radius 1 is 1.45 bits per heavy atom. The lowest BCUT2D eigenvalue weighted by Crippen LogP contribution is -2.21. The van der Waals surface area contributed by atoms with Crippen LogP contribution in [0.5, 0.6) is 0 Å². The molecule has 3 N–H and O–H groups in total. The topological polar surface area (TPSA) is 63.8 Å². The first-order chi connectivity index (χ1) is 5.43. The fourth-order valence-corrected chi connectivity index (χ4v) is 0.757. The third kappa shape index (κ3) is 3.06. The Balaban J connectivity index is 2.28. The summed E-state index contributed by atoms with van der Waals surface area (Å²) >= 11 is 0.